The molecule has 5 atom stereocenters. The molecular formula is C25H36F2O5. The Morgan fingerprint density at radius 2 is 2.16 bits per heavy atom. The molecule has 7 heteroatoms. The number of rotatable bonds is 10. The lowest BCUT2D eigenvalue weighted by atomic mass is 9.89. The highest BCUT2D eigenvalue weighted by Gasteiger charge is 2.45. The third-order valence-corrected chi connectivity index (χ3v) is 5.95. The second-order valence-electron chi connectivity index (χ2n) is 8.45. The van der Waals surface area contributed by atoms with Gasteiger partial charge in [-0.15, -0.1) is 5.73 Å². The van der Waals surface area contributed by atoms with Gasteiger partial charge in [-0.1, -0.05) is 25.5 Å². The molecule has 1 fully saturated rings. The summed E-state index contributed by atoms with van der Waals surface area (Å²) in [6, 6.07) is 0. The summed E-state index contributed by atoms with van der Waals surface area (Å²) in [7, 11) is 0. The maximum atomic E-state index is 14.0. The summed E-state index contributed by atoms with van der Waals surface area (Å²) in [5, 5.41) is 0. The average molecular weight is 455 g/mol. The Bertz CT molecular complexity index is 711. The van der Waals surface area contributed by atoms with Crippen LogP contribution >= 0.6 is 0 Å². The van der Waals surface area contributed by atoms with Gasteiger partial charge in [0.1, 0.15) is 6.10 Å². The smallest absolute Gasteiger partial charge is 0.309 e. The van der Waals surface area contributed by atoms with E-state index in [-0.39, 0.29) is 36.4 Å². The van der Waals surface area contributed by atoms with Gasteiger partial charge in [0.25, 0.3) is 0 Å². The highest BCUT2D eigenvalue weighted by molar-refractivity contribution is 5.95. The molecule has 180 valence electrons. The van der Waals surface area contributed by atoms with Crippen molar-refractivity contribution >= 4 is 11.8 Å². The quantitative estimate of drug-likeness (QED) is 0.143. The van der Waals surface area contributed by atoms with Crippen LogP contribution in [0.25, 0.3) is 0 Å². The zero-order valence-corrected chi connectivity index (χ0v) is 19.4. The van der Waals surface area contributed by atoms with E-state index in [1.54, 1.807) is 19.9 Å². The number of hydrogen-bond donors (Lipinski definition) is 0. The first-order valence-corrected chi connectivity index (χ1v) is 11.7. The van der Waals surface area contributed by atoms with E-state index in [0.717, 1.165) is 18.9 Å². The number of ketones is 1. The van der Waals surface area contributed by atoms with Crippen LogP contribution in [0.1, 0.15) is 72.1 Å². The standard InChI is InChI=1S/C25H36F2O5/c1-4-6-16-25(26,27)23(28)14-11-13-20-19-12-9-7-8-10-15-24(29)32-22(19)17-21(20)31-18(3)30-5-2/h7,9,13-14,18-22H,4-6,8,10,12,15-17H2,1-3H3/b9-7-/t11?,18?,19?,20?,21-,22?/m1/s1. The van der Waals surface area contributed by atoms with Crippen LogP contribution in [0.3, 0.4) is 0 Å². The van der Waals surface area contributed by atoms with E-state index in [1.165, 1.54) is 0 Å². The molecule has 0 aromatic rings. The minimum atomic E-state index is -3.39. The van der Waals surface area contributed by atoms with Crippen molar-refractivity contribution in [3.63, 3.8) is 0 Å². The molecule has 0 radical (unpaired) electrons. The summed E-state index contributed by atoms with van der Waals surface area (Å²) in [5.74, 6) is -5.22. The second-order valence-corrected chi connectivity index (χ2v) is 8.45. The van der Waals surface area contributed by atoms with Crippen molar-refractivity contribution in [3.05, 3.63) is 30.0 Å². The highest BCUT2D eigenvalue weighted by atomic mass is 19.3. The number of unbranched alkanes of at least 4 members (excludes halogenated alkanes) is 1. The molecule has 0 saturated heterocycles. The Morgan fingerprint density at radius 3 is 2.88 bits per heavy atom. The zero-order chi connectivity index (χ0) is 23.6. The summed E-state index contributed by atoms with van der Waals surface area (Å²) >= 11 is 0. The van der Waals surface area contributed by atoms with E-state index >= 15 is 0 Å². The largest absolute Gasteiger partial charge is 0.462 e. The summed E-state index contributed by atoms with van der Waals surface area (Å²) in [4.78, 5) is 24.2. The van der Waals surface area contributed by atoms with E-state index in [4.69, 9.17) is 14.2 Å². The minimum absolute atomic E-state index is 0.0938. The number of alkyl halides is 2. The summed E-state index contributed by atoms with van der Waals surface area (Å²) in [6.07, 6.45) is 8.86. The van der Waals surface area contributed by atoms with Crippen molar-refractivity contribution < 1.29 is 32.6 Å². The van der Waals surface area contributed by atoms with Crippen molar-refractivity contribution in [3.8, 4) is 0 Å². The molecule has 0 spiro atoms. The lowest BCUT2D eigenvalue weighted by Gasteiger charge is -2.24. The van der Waals surface area contributed by atoms with Crippen molar-refractivity contribution in [2.75, 3.05) is 6.61 Å². The van der Waals surface area contributed by atoms with Crippen molar-refractivity contribution in [2.45, 2.75) is 96.6 Å². The molecule has 2 aliphatic rings. The number of carbonyl (C=O) groups is 2. The number of esters is 1. The summed E-state index contributed by atoms with van der Waals surface area (Å²) in [6.45, 7) is 5.95. The fourth-order valence-electron chi connectivity index (χ4n) is 4.25. The Hall–Kier alpha value is -1.82. The molecule has 32 heavy (non-hydrogen) atoms. The number of hydrogen-bond acceptors (Lipinski definition) is 5. The molecule has 0 bridgehead atoms. The fraction of sp³-hybridized carbons (Fsp3) is 0.720. The van der Waals surface area contributed by atoms with Crippen LogP contribution in [0.4, 0.5) is 8.78 Å². The maximum Gasteiger partial charge on any atom is 0.309 e. The second kappa shape index (κ2) is 13.0. The molecule has 5 nitrogen and oxygen atoms in total. The third kappa shape index (κ3) is 7.95. The Labute approximate surface area is 189 Å². The molecule has 2 rings (SSSR count). The van der Waals surface area contributed by atoms with Crippen LogP contribution in [0.2, 0.25) is 0 Å². The first-order chi connectivity index (χ1) is 15.3. The van der Waals surface area contributed by atoms with Gasteiger partial charge in [0.05, 0.1) is 6.10 Å². The molecule has 0 aromatic carbocycles. The van der Waals surface area contributed by atoms with E-state index in [1.807, 2.05) is 6.92 Å². The lowest BCUT2D eigenvalue weighted by Crippen LogP contribution is -2.27. The van der Waals surface area contributed by atoms with E-state index in [0.29, 0.717) is 32.3 Å². The van der Waals surface area contributed by atoms with Crippen LogP contribution in [-0.2, 0) is 23.8 Å². The van der Waals surface area contributed by atoms with Crippen LogP contribution in [0.15, 0.2) is 30.0 Å². The molecule has 1 saturated carbocycles. The predicted molar refractivity (Wildman–Crippen MR) is 117 cm³/mol. The minimum Gasteiger partial charge on any atom is -0.462 e. The third-order valence-electron chi connectivity index (χ3n) is 5.95. The van der Waals surface area contributed by atoms with Crippen LogP contribution < -0.4 is 0 Å². The van der Waals surface area contributed by atoms with Crippen LogP contribution in [0, 0.1) is 11.8 Å². The molecular weight excluding hydrogens is 418 g/mol. The first-order valence-electron chi connectivity index (χ1n) is 11.7. The zero-order valence-electron chi connectivity index (χ0n) is 19.4. The number of allylic oxidation sites excluding steroid dienone is 2. The highest BCUT2D eigenvalue weighted by Crippen LogP contribution is 2.41. The van der Waals surface area contributed by atoms with E-state index < -0.39 is 24.4 Å². The van der Waals surface area contributed by atoms with Gasteiger partial charge >= 0.3 is 11.9 Å². The monoisotopic (exact) mass is 454 g/mol. The number of carbonyl (C=O) groups excluding carboxylic acids is 2. The maximum absolute atomic E-state index is 14.0. The van der Waals surface area contributed by atoms with E-state index in [9.17, 15) is 18.4 Å². The molecule has 0 amide bonds. The number of halogens is 2. The first kappa shape index (κ1) is 26.4. The number of ether oxygens (including phenoxy) is 3. The Balaban J connectivity index is 2.25. The summed E-state index contributed by atoms with van der Waals surface area (Å²) in [5.41, 5.74) is 2.69. The van der Waals surface area contributed by atoms with E-state index in [2.05, 4.69) is 17.9 Å². The van der Waals surface area contributed by atoms with Crippen molar-refractivity contribution in [1.29, 1.82) is 0 Å². The van der Waals surface area contributed by atoms with Crippen LogP contribution in [0.5, 0.6) is 0 Å². The lowest BCUT2D eigenvalue weighted by molar-refractivity contribution is -0.164. The average Bonchev–Trinajstić information content (AvgIpc) is 3.05. The van der Waals surface area contributed by atoms with Gasteiger partial charge in [-0.25, -0.2) is 0 Å². The predicted octanol–water partition coefficient (Wildman–Crippen LogP) is 5.54. The summed E-state index contributed by atoms with van der Waals surface area (Å²) < 4.78 is 45.3. The van der Waals surface area contributed by atoms with Gasteiger partial charge in [-0.3, -0.25) is 9.59 Å². The molecule has 1 aliphatic heterocycles. The fourth-order valence-corrected chi connectivity index (χ4v) is 4.25. The van der Waals surface area contributed by atoms with Gasteiger partial charge in [0.15, 0.2) is 6.29 Å². The normalized spacial score (nSPS) is 28.1. The molecule has 0 aromatic heterocycles. The molecule has 0 N–H and O–H groups in total. The van der Waals surface area contributed by atoms with Gasteiger partial charge in [-0.05, 0) is 45.6 Å². The SMILES string of the molecule is CCCCC(F)(F)C(=O)C=C=CC1C2C/C=C\CCCC(=O)OC2C[C@H]1OC(C)OCC. The van der Waals surface area contributed by atoms with Crippen molar-refractivity contribution in [1.82, 2.24) is 0 Å². The van der Waals surface area contributed by atoms with Gasteiger partial charge in [0, 0.05) is 43.8 Å². The molecule has 1 aliphatic carbocycles. The van der Waals surface area contributed by atoms with Gasteiger partial charge in [-0.2, -0.15) is 8.78 Å². The Morgan fingerprint density at radius 1 is 1.38 bits per heavy atom. The Kier molecular flexibility index (Phi) is 10.8. The molecule has 4 unspecified atom stereocenters. The van der Waals surface area contributed by atoms with Crippen LogP contribution in [-0.4, -0.2) is 42.8 Å². The molecule has 1 heterocycles. The topological polar surface area (TPSA) is 61.8 Å². The van der Waals surface area contributed by atoms with Gasteiger partial charge < -0.3 is 14.2 Å². The van der Waals surface area contributed by atoms with Gasteiger partial charge in [0.2, 0.25) is 5.78 Å². The van der Waals surface area contributed by atoms with Crippen molar-refractivity contribution in [2.24, 2.45) is 11.8 Å². The number of fused-ring (bicyclic) bond motifs is 1.